The molecule has 2 nitrogen and oxygen atoms in total. The van der Waals surface area contributed by atoms with E-state index in [1.165, 1.54) is 56.9 Å². The van der Waals surface area contributed by atoms with E-state index in [2.05, 4.69) is 28.9 Å². The monoisotopic (exact) mass is 228 g/mol. The van der Waals surface area contributed by atoms with Gasteiger partial charge in [-0.3, -0.25) is 0 Å². The van der Waals surface area contributed by atoms with Gasteiger partial charge in [-0.05, 0) is 38.3 Å². The van der Waals surface area contributed by atoms with E-state index in [-0.39, 0.29) is 0 Å². The number of hydrogen-bond donors (Lipinski definition) is 1. The van der Waals surface area contributed by atoms with Crippen molar-refractivity contribution in [3.63, 3.8) is 0 Å². The minimum absolute atomic E-state index is 0.775. The molecule has 2 aliphatic rings. The fraction of sp³-hybridized carbons (Fsp3) is 1.00. The Labute approximate surface area is 98.2 Å². The second-order valence-electron chi connectivity index (χ2n) is 4.85. The molecular weight excluding hydrogens is 204 g/mol. The van der Waals surface area contributed by atoms with Gasteiger partial charge in [0.15, 0.2) is 0 Å². The van der Waals surface area contributed by atoms with Crippen molar-refractivity contribution in [2.24, 2.45) is 5.92 Å². The van der Waals surface area contributed by atoms with E-state index in [4.69, 9.17) is 0 Å². The number of nitrogens with one attached hydrogen (secondary N) is 1. The Morgan fingerprint density at radius 2 is 2.27 bits per heavy atom. The van der Waals surface area contributed by atoms with Gasteiger partial charge in [-0.1, -0.05) is 6.92 Å². The lowest BCUT2D eigenvalue weighted by Crippen LogP contribution is -2.40. The highest BCUT2D eigenvalue weighted by Crippen LogP contribution is 2.29. The Morgan fingerprint density at radius 1 is 1.40 bits per heavy atom. The molecule has 1 aliphatic heterocycles. The summed E-state index contributed by atoms with van der Waals surface area (Å²) in [5, 5.41) is 3.62. The highest BCUT2D eigenvalue weighted by atomic mass is 32.2. The third kappa shape index (κ3) is 4.33. The van der Waals surface area contributed by atoms with Crippen LogP contribution in [0, 0.1) is 5.92 Å². The highest BCUT2D eigenvalue weighted by Gasteiger charge is 2.24. The van der Waals surface area contributed by atoms with Crippen molar-refractivity contribution < 1.29 is 0 Å². The van der Waals surface area contributed by atoms with Crippen LogP contribution in [0.3, 0.4) is 0 Å². The third-order valence-corrected chi connectivity index (χ3v) is 4.58. The van der Waals surface area contributed by atoms with Crippen LogP contribution in [0.2, 0.25) is 0 Å². The molecule has 3 heteroatoms. The molecule has 0 aromatic rings. The molecule has 1 saturated carbocycles. The smallest absolute Gasteiger partial charge is 0.0170 e. The Hall–Kier alpha value is 0.270. The van der Waals surface area contributed by atoms with Crippen molar-refractivity contribution in [1.29, 1.82) is 0 Å². The van der Waals surface area contributed by atoms with E-state index in [0.717, 1.165) is 12.0 Å². The summed E-state index contributed by atoms with van der Waals surface area (Å²) >= 11 is 2.11. The molecule has 2 rings (SSSR count). The molecule has 0 spiro atoms. The van der Waals surface area contributed by atoms with Crippen LogP contribution in [0.1, 0.15) is 26.2 Å². The van der Waals surface area contributed by atoms with E-state index >= 15 is 0 Å². The van der Waals surface area contributed by atoms with Crippen molar-refractivity contribution >= 4 is 11.8 Å². The van der Waals surface area contributed by atoms with Gasteiger partial charge in [0, 0.05) is 30.6 Å². The molecule has 1 atom stereocenters. The number of rotatable bonds is 6. The average Bonchev–Trinajstić information content (AvgIpc) is 3.09. The SMILES string of the molecule is CCN(CCC1CSCCN1)CC1CC1. The van der Waals surface area contributed by atoms with Crippen LogP contribution in [0.15, 0.2) is 0 Å². The van der Waals surface area contributed by atoms with Gasteiger partial charge >= 0.3 is 0 Å². The predicted octanol–water partition coefficient (Wildman–Crippen LogP) is 1.81. The molecule has 0 bridgehead atoms. The molecular formula is C12H24N2S. The molecule has 1 aliphatic carbocycles. The maximum absolute atomic E-state index is 3.62. The first kappa shape index (κ1) is 11.7. The van der Waals surface area contributed by atoms with Crippen molar-refractivity contribution in [3.05, 3.63) is 0 Å². The lowest BCUT2D eigenvalue weighted by molar-refractivity contribution is 0.262. The first-order valence-electron chi connectivity index (χ1n) is 6.42. The molecule has 1 heterocycles. The number of thioether (sulfide) groups is 1. The zero-order valence-corrected chi connectivity index (χ0v) is 10.7. The lowest BCUT2D eigenvalue weighted by Gasteiger charge is -2.27. The summed E-state index contributed by atoms with van der Waals surface area (Å²) in [6.07, 6.45) is 4.30. The fourth-order valence-corrected chi connectivity index (χ4v) is 3.19. The zero-order valence-electron chi connectivity index (χ0n) is 9.87. The summed E-state index contributed by atoms with van der Waals surface area (Å²) in [7, 11) is 0. The van der Waals surface area contributed by atoms with Crippen LogP contribution in [0.4, 0.5) is 0 Å². The number of nitrogens with zero attached hydrogens (tertiary/aromatic N) is 1. The molecule has 0 amide bonds. The highest BCUT2D eigenvalue weighted by molar-refractivity contribution is 7.99. The average molecular weight is 228 g/mol. The van der Waals surface area contributed by atoms with Crippen LogP contribution in [-0.4, -0.2) is 48.6 Å². The maximum atomic E-state index is 3.62. The third-order valence-electron chi connectivity index (χ3n) is 3.45. The normalized spacial score (nSPS) is 27.2. The quantitative estimate of drug-likeness (QED) is 0.746. The van der Waals surface area contributed by atoms with Gasteiger partial charge in [0.25, 0.3) is 0 Å². The van der Waals surface area contributed by atoms with Crippen molar-refractivity contribution in [3.8, 4) is 0 Å². The zero-order chi connectivity index (χ0) is 10.5. The minimum Gasteiger partial charge on any atom is -0.312 e. The summed E-state index contributed by atoms with van der Waals surface area (Å²) in [6, 6.07) is 0.775. The van der Waals surface area contributed by atoms with Gasteiger partial charge in [-0.2, -0.15) is 11.8 Å². The van der Waals surface area contributed by atoms with Gasteiger partial charge in [0.1, 0.15) is 0 Å². The van der Waals surface area contributed by atoms with E-state index in [1.54, 1.807) is 0 Å². The predicted molar refractivity (Wildman–Crippen MR) is 68.6 cm³/mol. The van der Waals surface area contributed by atoms with Gasteiger partial charge in [0.2, 0.25) is 0 Å². The maximum Gasteiger partial charge on any atom is 0.0170 e. The Bertz CT molecular complexity index is 176. The molecule has 1 N–H and O–H groups in total. The van der Waals surface area contributed by atoms with E-state index in [9.17, 15) is 0 Å². The molecule has 15 heavy (non-hydrogen) atoms. The Morgan fingerprint density at radius 3 is 2.87 bits per heavy atom. The van der Waals surface area contributed by atoms with Crippen LogP contribution in [-0.2, 0) is 0 Å². The van der Waals surface area contributed by atoms with Crippen LogP contribution in [0.5, 0.6) is 0 Å². The minimum atomic E-state index is 0.775. The second-order valence-corrected chi connectivity index (χ2v) is 6.00. The summed E-state index contributed by atoms with van der Waals surface area (Å²) in [5.74, 6) is 3.66. The Kier molecular flexibility index (Phi) is 4.79. The largest absolute Gasteiger partial charge is 0.312 e. The molecule has 1 saturated heterocycles. The van der Waals surface area contributed by atoms with E-state index in [1.807, 2.05) is 0 Å². The molecule has 0 aromatic carbocycles. The Balaban J connectivity index is 1.60. The van der Waals surface area contributed by atoms with Gasteiger partial charge in [0.05, 0.1) is 0 Å². The molecule has 0 aromatic heterocycles. The van der Waals surface area contributed by atoms with E-state index < -0.39 is 0 Å². The van der Waals surface area contributed by atoms with Crippen LogP contribution >= 0.6 is 11.8 Å². The summed E-state index contributed by atoms with van der Waals surface area (Å²) in [6.45, 7) is 7.40. The van der Waals surface area contributed by atoms with Crippen molar-refractivity contribution in [2.45, 2.75) is 32.2 Å². The topological polar surface area (TPSA) is 15.3 Å². The molecule has 0 radical (unpaired) electrons. The van der Waals surface area contributed by atoms with Crippen molar-refractivity contribution in [2.75, 3.05) is 37.7 Å². The first-order chi connectivity index (χ1) is 7.38. The second kappa shape index (κ2) is 6.12. The van der Waals surface area contributed by atoms with Crippen LogP contribution in [0.25, 0.3) is 0 Å². The van der Waals surface area contributed by atoms with Gasteiger partial charge in [-0.25, -0.2) is 0 Å². The molecule has 88 valence electrons. The number of hydrogen-bond acceptors (Lipinski definition) is 3. The molecule has 2 fully saturated rings. The van der Waals surface area contributed by atoms with E-state index in [0.29, 0.717) is 0 Å². The summed E-state index contributed by atoms with van der Waals surface area (Å²) < 4.78 is 0. The van der Waals surface area contributed by atoms with Gasteiger partial charge < -0.3 is 10.2 Å². The standard InChI is InChI=1S/C12H24N2S/c1-2-14(9-11-3-4-11)7-5-12-10-15-8-6-13-12/h11-13H,2-10H2,1H3. The first-order valence-corrected chi connectivity index (χ1v) is 7.57. The lowest BCUT2D eigenvalue weighted by atomic mass is 10.2. The van der Waals surface area contributed by atoms with Crippen molar-refractivity contribution in [1.82, 2.24) is 10.2 Å². The summed E-state index contributed by atoms with van der Waals surface area (Å²) in [4.78, 5) is 2.64. The van der Waals surface area contributed by atoms with Gasteiger partial charge in [-0.15, -0.1) is 0 Å². The van der Waals surface area contributed by atoms with Crippen LogP contribution < -0.4 is 5.32 Å². The summed E-state index contributed by atoms with van der Waals surface area (Å²) in [5.41, 5.74) is 0. The fourth-order valence-electron chi connectivity index (χ4n) is 2.19. The molecule has 1 unspecified atom stereocenters.